The lowest BCUT2D eigenvalue weighted by molar-refractivity contribution is 0.0950. The van der Waals surface area contributed by atoms with Gasteiger partial charge in [0.2, 0.25) is 0 Å². The van der Waals surface area contributed by atoms with E-state index in [0.717, 1.165) is 16.3 Å². The van der Waals surface area contributed by atoms with Gasteiger partial charge in [0.25, 0.3) is 5.91 Å². The van der Waals surface area contributed by atoms with Crippen molar-refractivity contribution in [2.24, 2.45) is 0 Å². The summed E-state index contributed by atoms with van der Waals surface area (Å²) >= 11 is 7.62. The molecule has 0 aliphatic rings. The van der Waals surface area contributed by atoms with Crippen LogP contribution in [0.4, 0.5) is 0 Å². The molecule has 1 N–H and O–H groups in total. The Balaban J connectivity index is 1.79. The standard InChI is InChI=1S/C16H14ClN3OS/c1-11-15(16(21)18-9-14-6-3-7-22-14)10-19-20(11)13-5-2-4-12(17)8-13/h2-8,10H,9H2,1H3,(H,18,21). The zero-order valence-electron chi connectivity index (χ0n) is 11.9. The number of hydrogen-bond donors (Lipinski definition) is 1. The largest absolute Gasteiger partial charge is 0.347 e. The highest BCUT2D eigenvalue weighted by atomic mass is 35.5. The fraction of sp³-hybridized carbons (Fsp3) is 0.125. The molecule has 3 aromatic rings. The van der Waals surface area contributed by atoms with E-state index in [-0.39, 0.29) is 5.91 Å². The van der Waals surface area contributed by atoms with Crippen LogP contribution in [0.2, 0.25) is 5.02 Å². The van der Waals surface area contributed by atoms with Crippen molar-refractivity contribution in [1.82, 2.24) is 15.1 Å². The van der Waals surface area contributed by atoms with E-state index in [4.69, 9.17) is 11.6 Å². The highest BCUT2D eigenvalue weighted by molar-refractivity contribution is 7.09. The molecule has 2 aromatic heterocycles. The predicted octanol–water partition coefficient (Wildman–Crippen LogP) is 3.83. The maximum Gasteiger partial charge on any atom is 0.255 e. The third-order valence-corrected chi connectivity index (χ3v) is 4.42. The van der Waals surface area contributed by atoms with E-state index in [1.807, 2.05) is 42.6 Å². The topological polar surface area (TPSA) is 46.9 Å². The zero-order chi connectivity index (χ0) is 15.5. The van der Waals surface area contributed by atoms with E-state index in [1.165, 1.54) is 0 Å². The fourth-order valence-corrected chi connectivity index (χ4v) is 3.01. The molecule has 2 heterocycles. The average molecular weight is 332 g/mol. The molecule has 0 fully saturated rings. The van der Waals surface area contributed by atoms with Gasteiger partial charge in [-0.05, 0) is 36.6 Å². The van der Waals surface area contributed by atoms with Crippen LogP contribution >= 0.6 is 22.9 Å². The molecule has 0 spiro atoms. The molecular weight excluding hydrogens is 318 g/mol. The first-order chi connectivity index (χ1) is 10.6. The second kappa shape index (κ2) is 6.34. The van der Waals surface area contributed by atoms with Crippen molar-refractivity contribution in [3.05, 3.63) is 69.1 Å². The van der Waals surface area contributed by atoms with E-state index in [2.05, 4.69) is 10.4 Å². The van der Waals surface area contributed by atoms with Crippen LogP contribution in [-0.2, 0) is 6.54 Å². The summed E-state index contributed by atoms with van der Waals surface area (Å²) in [5.74, 6) is -0.126. The number of halogens is 1. The summed E-state index contributed by atoms with van der Waals surface area (Å²) in [5.41, 5.74) is 2.18. The Kier molecular flexibility index (Phi) is 4.27. The van der Waals surface area contributed by atoms with E-state index >= 15 is 0 Å². The van der Waals surface area contributed by atoms with Crippen LogP contribution in [0.15, 0.2) is 48.0 Å². The number of thiophene rings is 1. The maximum absolute atomic E-state index is 12.3. The van der Waals surface area contributed by atoms with Gasteiger partial charge in [0.1, 0.15) is 0 Å². The zero-order valence-corrected chi connectivity index (χ0v) is 13.5. The third-order valence-electron chi connectivity index (χ3n) is 3.31. The molecule has 6 heteroatoms. The summed E-state index contributed by atoms with van der Waals surface area (Å²) in [5, 5.41) is 9.83. The van der Waals surface area contributed by atoms with Crippen molar-refractivity contribution < 1.29 is 4.79 Å². The van der Waals surface area contributed by atoms with Crippen molar-refractivity contribution >= 4 is 28.8 Å². The first-order valence-corrected chi connectivity index (χ1v) is 8.02. The fourth-order valence-electron chi connectivity index (χ4n) is 2.18. The quantitative estimate of drug-likeness (QED) is 0.790. The van der Waals surface area contributed by atoms with Gasteiger partial charge >= 0.3 is 0 Å². The number of nitrogens with one attached hydrogen (secondary N) is 1. The van der Waals surface area contributed by atoms with Gasteiger partial charge in [0, 0.05) is 9.90 Å². The van der Waals surface area contributed by atoms with Gasteiger partial charge in [-0.2, -0.15) is 5.10 Å². The molecule has 1 amide bonds. The molecule has 0 saturated carbocycles. The lowest BCUT2D eigenvalue weighted by Crippen LogP contribution is -2.22. The van der Waals surface area contributed by atoms with Crippen molar-refractivity contribution in [1.29, 1.82) is 0 Å². The normalized spacial score (nSPS) is 10.6. The molecule has 0 atom stereocenters. The summed E-state index contributed by atoms with van der Waals surface area (Å²) < 4.78 is 1.71. The summed E-state index contributed by atoms with van der Waals surface area (Å²) in [6.07, 6.45) is 1.58. The molecule has 0 radical (unpaired) electrons. The molecule has 0 saturated heterocycles. The summed E-state index contributed by atoms with van der Waals surface area (Å²) in [4.78, 5) is 13.4. The number of amides is 1. The maximum atomic E-state index is 12.3. The minimum absolute atomic E-state index is 0.126. The average Bonchev–Trinajstić information content (AvgIpc) is 3.14. The number of rotatable bonds is 4. The Morgan fingerprint density at radius 2 is 2.23 bits per heavy atom. The molecule has 0 unspecified atom stereocenters. The minimum Gasteiger partial charge on any atom is -0.347 e. The molecule has 0 aliphatic heterocycles. The van der Waals surface area contributed by atoms with Gasteiger partial charge in [-0.15, -0.1) is 11.3 Å². The van der Waals surface area contributed by atoms with Crippen LogP contribution < -0.4 is 5.32 Å². The summed E-state index contributed by atoms with van der Waals surface area (Å²) in [7, 11) is 0. The Hall–Kier alpha value is -2.11. The highest BCUT2D eigenvalue weighted by Crippen LogP contribution is 2.18. The number of aromatic nitrogens is 2. The van der Waals surface area contributed by atoms with Crippen LogP contribution in [0, 0.1) is 6.92 Å². The van der Waals surface area contributed by atoms with E-state index in [1.54, 1.807) is 28.3 Å². The van der Waals surface area contributed by atoms with E-state index in [0.29, 0.717) is 17.1 Å². The number of carbonyl (C=O) groups excluding carboxylic acids is 1. The predicted molar refractivity (Wildman–Crippen MR) is 88.8 cm³/mol. The number of carbonyl (C=O) groups is 1. The molecule has 0 aliphatic carbocycles. The van der Waals surface area contributed by atoms with Crippen molar-refractivity contribution in [3.63, 3.8) is 0 Å². The van der Waals surface area contributed by atoms with Crippen LogP contribution in [0.3, 0.4) is 0 Å². The van der Waals surface area contributed by atoms with E-state index in [9.17, 15) is 4.79 Å². The molecule has 22 heavy (non-hydrogen) atoms. The van der Waals surface area contributed by atoms with Crippen LogP contribution in [0.25, 0.3) is 5.69 Å². The summed E-state index contributed by atoms with van der Waals surface area (Å²) in [6.45, 7) is 2.40. The SMILES string of the molecule is Cc1c(C(=O)NCc2cccs2)cnn1-c1cccc(Cl)c1. The van der Waals surface area contributed by atoms with Gasteiger partial charge in [-0.1, -0.05) is 23.7 Å². The number of benzene rings is 1. The smallest absolute Gasteiger partial charge is 0.255 e. The third kappa shape index (κ3) is 3.05. The molecule has 1 aromatic carbocycles. The highest BCUT2D eigenvalue weighted by Gasteiger charge is 2.15. The monoisotopic (exact) mass is 331 g/mol. The van der Waals surface area contributed by atoms with Gasteiger partial charge in [0.15, 0.2) is 0 Å². The van der Waals surface area contributed by atoms with Crippen LogP contribution in [0.1, 0.15) is 20.9 Å². The first-order valence-electron chi connectivity index (χ1n) is 6.76. The second-order valence-electron chi connectivity index (χ2n) is 4.80. The Morgan fingerprint density at radius 3 is 2.95 bits per heavy atom. The Labute approximate surface area is 137 Å². The number of hydrogen-bond acceptors (Lipinski definition) is 3. The van der Waals surface area contributed by atoms with Crippen LogP contribution in [-0.4, -0.2) is 15.7 Å². The van der Waals surface area contributed by atoms with Crippen LogP contribution in [0.5, 0.6) is 0 Å². The van der Waals surface area contributed by atoms with Crippen molar-refractivity contribution in [3.8, 4) is 5.69 Å². The van der Waals surface area contributed by atoms with Gasteiger partial charge in [-0.3, -0.25) is 4.79 Å². The van der Waals surface area contributed by atoms with Gasteiger partial charge < -0.3 is 5.32 Å². The Bertz CT molecular complexity index is 796. The summed E-state index contributed by atoms with van der Waals surface area (Å²) in [6, 6.07) is 11.3. The molecule has 3 rings (SSSR count). The van der Waals surface area contributed by atoms with Gasteiger partial charge in [0.05, 0.1) is 29.7 Å². The molecule has 0 bridgehead atoms. The van der Waals surface area contributed by atoms with E-state index < -0.39 is 0 Å². The van der Waals surface area contributed by atoms with Crippen molar-refractivity contribution in [2.75, 3.05) is 0 Å². The minimum atomic E-state index is -0.126. The second-order valence-corrected chi connectivity index (χ2v) is 6.27. The lowest BCUT2D eigenvalue weighted by Gasteiger charge is -2.06. The Morgan fingerprint density at radius 1 is 1.36 bits per heavy atom. The number of nitrogens with zero attached hydrogens (tertiary/aromatic N) is 2. The molecular formula is C16H14ClN3OS. The molecule has 112 valence electrons. The first kappa shape index (κ1) is 14.8. The van der Waals surface area contributed by atoms with Crippen molar-refractivity contribution in [2.45, 2.75) is 13.5 Å². The molecule has 4 nitrogen and oxygen atoms in total. The lowest BCUT2D eigenvalue weighted by atomic mass is 10.2. The van der Waals surface area contributed by atoms with Gasteiger partial charge in [-0.25, -0.2) is 4.68 Å².